The lowest BCUT2D eigenvalue weighted by Gasteiger charge is -2.18. The van der Waals surface area contributed by atoms with E-state index in [1.807, 2.05) is 6.20 Å². The van der Waals surface area contributed by atoms with Crippen LogP contribution in [0.15, 0.2) is 29.4 Å². The summed E-state index contributed by atoms with van der Waals surface area (Å²) in [6.45, 7) is 1.24. The van der Waals surface area contributed by atoms with Crippen LogP contribution in [-0.4, -0.2) is 61.8 Å². The maximum absolute atomic E-state index is 13.4. The normalized spacial score (nSPS) is 18.8. The van der Waals surface area contributed by atoms with Crippen molar-refractivity contribution in [3.05, 3.63) is 35.8 Å². The number of nitrogens with zero attached hydrogens (tertiary/aromatic N) is 2. The molecule has 1 unspecified atom stereocenters. The number of guanidine groups is 1. The van der Waals surface area contributed by atoms with Crippen LogP contribution in [-0.2, 0) is 6.42 Å². The number of likely N-dealkylation sites (tertiary alicyclic amines) is 1. The monoisotopic (exact) mass is 399 g/mol. The largest absolute Gasteiger partial charge is 0.401 e. The molecule has 2 heterocycles. The van der Waals surface area contributed by atoms with Crippen LogP contribution in [0.3, 0.4) is 0 Å². The van der Waals surface area contributed by atoms with Gasteiger partial charge in [-0.25, -0.2) is 4.39 Å². The van der Waals surface area contributed by atoms with E-state index < -0.39 is 12.7 Å². The van der Waals surface area contributed by atoms with Crippen molar-refractivity contribution in [3.63, 3.8) is 0 Å². The number of H-pyrrole nitrogens is 1. The van der Waals surface area contributed by atoms with Crippen molar-refractivity contribution in [3.8, 4) is 0 Å². The highest BCUT2D eigenvalue weighted by Gasteiger charge is 2.34. The molecule has 1 aromatic carbocycles. The van der Waals surface area contributed by atoms with Crippen LogP contribution < -0.4 is 10.6 Å². The Kier molecular flexibility index (Phi) is 6.43. The molecule has 9 heteroatoms. The lowest BCUT2D eigenvalue weighted by Crippen LogP contribution is -2.41. The van der Waals surface area contributed by atoms with Crippen LogP contribution in [0.2, 0.25) is 0 Å². The average Bonchev–Trinajstić information content (AvgIpc) is 3.23. The molecule has 3 rings (SSSR count). The first-order chi connectivity index (χ1) is 13.3. The van der Waals surface area contributed by atoms with Gasteiger partial charge in [-0.2, -0.15) is 13.2 Å². The Hall–Kier alpha value is -2.29. The van der Waals surface area contributed by atoms with Crippen molar-refractivity contribution in [2.24, 2.45) is 10.9 Å². The van der Waals surface area contributed by atoms with Crippen LogP contribution in [0.4, 0.5) is 17.6 Å². The van der Waals surface area contributed by atoms with Crippen molar-refractivity contribution in [2.75, 3.05) is 39.8 Å². The maximum Gasteiger partial charge on any atom is 0.401 e. The minimum absolute atomic E-state index is 0.164. The summed E-state index contributed by atoms with van der Waals surface area (Å²) in [5.41, 5.74) is 1.90. The Balaban J connectivity index is 1.42. The predicted molar refractivity (Wildman–Crippen MR) is 102 cm³/mol. The van der Waals surface area contributed by atoms with Crippen molar-refractivity contribution in [1.29, 1.82) is 0 Å². The lowest BCUT2D eigenvalue weighted by atomic mass is 10.1. The van der Waals surface area contributed by atoms with E-state index in [0.717, 1.165) is 22.9 Å². The number of halogens is 4. The summed E-state index contributed by atoms with van der Waals surface area (Å²) in [5, 5.41) is 7.24. The fourth-order valence-electron chi connectivity index (χ4n) is 3.61. The van der Waals surface area contributed by atoms with Gasteiger partial charge in [-0.3, -0.25) is 9.89 Å². The number of benzene rings is 1. The molecule has 1 aliphatic heterocycles. The highest BCUT2D eigenvalue weighted by Crippen LogP contribution is 2.22. The Labute approximate surface area is 161 Å². The molecule has 28 heavy (non-hydrogen) atoms. The van der Waals surface area contributed by atoms with Crippen molar-refractivity contribution < 1.29 is 17.6 Å². The molecule has 154 valence electrons. The van der Waals surface area contributed by atoms with Crippen molar-refractivity contribution in [2.45, 2.75) is 19.0 Å². The number of rotatable bonds is 6. The van der Waals surface area contributed by atoms with Gasteiger partial charge in [0.15, 0.2) is 5.96 Å². The molecule has 0 aliphatic carbocycles. The number of hydrogen-bond acceptors (Lipinski definition) is 2. The molecule has 2 aromatic rings. The van der Waals surface area contributed by atoms with E-state index in [2.05, 4.69) is 20.6 Å². The Morgan fingerprint density at radius 3 is 2.89 bits per heavy atom. The van der Waals surface area contributed by atoms with Gasteiger partial charge in [0.05, 0.1) is 6.54 Å². The summed E-state index contributed by atoms with van der Waals surface area (Å²) in [4.78, 5) is 8.72. The number of fused-ring (bicyclic) bond motifs is 1. The average molecular weight is 399 g/mol. The minimum atomic E-state index is -4.15. The smallest absolute Gasteiger partial charge is 0.361 e. The minimum Gasteiger partial charge on any atom is -0.361 e. The molecule has 1 saturated heterocycles. The van der Waals surface area contributed by atoms with E-state index in [1.54, 1.807) is 13.1 Å². The van der Waals surface area contributed by atoms with Crippen molar-refractivity contribution in [1.82, 2.24) is 20.5 Å². The van der Waals surface area contributed by atoms with Gasteiger partial charge in [-0.1, -0.05) is 0 Å². The van der Waals surface area contributed by atoms with E-state index in [-0.39, 0.29) is 11.7 Å². The van der Waals surface area contributed by atoms with Crippen LogP contribution in [0.25, 0.3) is 10.9 Å². The molecule has 1 atom stereocenters. The maximum atomic E-state index is 13.4. The zero-order valence-corrected chi connectivity index (χ0v) is 15.7. The second kappa shape index (κ2) is 8.81. The van der Waals surface area contributed by atoms with Crippen molar-refractivity contribution >= 4 is 16.9 Å². The Bertz CT molecular complexity index is 814. The summed E-state index contributed by atoms with van der Waals surface area (Å²) >= 11 is 0. The fourth-order valence-corrected chi connectivity index (χ4v) is 3.61. The third-order valence-electron chi connectivity index (χ3n) is 4.97. The topological polar surface area (TPSA) is 55.5 Å². The van der Waals surface area contributed by atoms with Crippen LogP contribution in [0.1, 0.15) is 12.0 Å². The number of hydrogen-bond donors (Lipinski definition) is 3. The quantitative estimate of drug-likeness (QED) is 0.398. The van der Waals surface area contributed by atoms with Gasteiger partial charge in [-0.15, -0.1) is 0 Å². The van der Waals surface area contributed by atoms with Gasteiger partial charge >= 0.3 is 6.18 Å². The molecule has 1 fully saturated rings. The van der Waals surface area contributed by atoms with Gasteiger partial charge in [0, 0.05) is 43.8 Å². The third kappa shape index (κ3) is 5.60. The number of alkyl halides is 3. The lowest BCUT2D eigenvalue weighted by molar-refractivity contribution is -0.143. The van der Waals surface area contributed by atoms with E-state index >= 15 is 0 Å². The van der Waals surface area contributed by atoms with Gasteiger partial charge in [0.1, 0.15) is 5.82 Å². The zero-order chi connectivity index (χ0) is 20.1. The standard InChI is InChI=1S/C19H25F4N5/c1-24-18(27-9-13-5-7-28(11-13)12-19(21,22)23)25-6-4-14-10-26-17-3-2-15(20)8-16(14)17/h2-3,8,10,13,26H,4-7,9,11-12H2,1H3,(H2,24,25,27). The summed E-state index contributed by atoms with van der Waals surface area (Å²) in [7, 11) is 1.65. The highest BCUT2D eigenvalue weighted by atomic mass is 19.4. The molecule has 0 saturated carbocycles. The zero-order valence-electron chi connectivity index (χ0n) is 15.7. The van der Waals surface area contributed by atoms with E-state index in [4.69, 9.17) is 0 Å². The molecular formula is C19H25F4N5. The summed E-state index contributed by atoms with van der Waals surface area (Å²) in [6.07, 6.45) is -0.852. The van der Waals surface area contributed by atoms with Gasteiger partial charge in [0.2, 0.25) is 0 Å². The first kappa shape index (κ1) is 20.4. The van der Waals surface area contributed by atoms with E-state index in [9.17, 15) is 17.6 Å². The molecule has 5 nitrogen and oxygen atoms in total. The van der Waals surface area contributed by atoms with E-state index in [1.165, 1.54) is 17.0 Å². The molecule has 0 spiro atoms. The molecule has 0 radical (unpaired) electrons. The molecule has 1 aliphatic rings. The van der Waals surface area contributed by atoms with Crippen LogP contribution in [0, 0.1) is 11.7 Å². The Morgan fingerprint density at radius 1 is 1.32 bits per heavy atom. The first-order valence-corrected chi connectivity index (χ1v) is 9.33. The summed E-state index contributed by atoms with van der Waals surface area (Å²) in [5.74, 6) is 0.507. The SMILES string of the molecule is CN=C(NCCc1c[nH]c2ccc(F)cc12)NCC1CCN(CC(F)(F)F)C1. The predicted octanol–water partition coefficient (Wildman–Crippen LogP) is 2.90. The fraction of sp³-hybridized carbons (Fsp3) is 0.526. The number of aromatic amines is 1. The van der Waals surface area contributed by atoms with Gasteiger partial charge in [-0.05, 0) is 49.1 Å². The number of aliphatic imine (C=N–C) groups is 1. The molecule has 0 amide bonds. The first-order valence-electron chi connectivity index (χ1n) is 9.33. The number of aromatic nitrogens is 1. The molecule has 0 bridgehead atoms. The summed E-state index contributed by atoms with van der Waals surface area (Å²) in [6, 6.07) is 4.65. The van der Waals surface area contributed by atoms with Crippen LogP contribution in [0.5, 0.6) is 0 Å². The molecular weight excluding hydrogens is 374 g/mol. The second-order valence-electron chi connectivity index (χ2n) is 7.14. The second-order valence-corrected chi connectivity index (χ2v) is 7.14. The number of nitrogens with one attached hydrogen (secondary N) is 3. The molecule has 1 aromatic heterocycles. The van der Waals surface area contributed by atoms with E-state index in [0.29, 0.717) is 38.6 Å². The Morgan fingerprint density at radius 2 is 2.14 bits per heavy atom. The van der Waals surface area contributed by atoms with Crippen LogP contribution >= 0.6 is 0 Å². The highest BCUT2D eigenvalue weighted by molar-refractivity contribution is 5.83. The summed E-state index contributed by atoms with van der Waals surface area (Å²) < 4.78 is 50.8. The molecule has 3 N–H and O–H groups in total. The van der Waals surface area contributed by atoms with Gasteiger partial charge in [0.25, 0.3) is 0 Å². The third-order valence-corrected chi connectivity index (χ3v) is 4.97. The van der Waals surface area contributed by atoms with Gasteiger partial charge < -0.3 is 15.6 Å².